The van der Waals surface area contributed by atoms with Crippen LogP contribution in [0.2, 0.25) is 25.2 Å². The molecule has 0 amide bonds. The van der Waals surface area contributed by atoms with Gasteiger partial charge >= 0.3 is 0 Å². The van der Waals surface area contributed by atoms with Crippen molar-refractivity contribution in [2.45, 2.75) is 44.9 Å². The number of hydrogen-bond acceptors (Lipinski definition) is 0. The van der Waals surface area contributed by atoms with Crippen molar-refractivity contribution in [3.05, 3.63) is 0 Å². The molecule has 0 saturated carbocycles. The van der Waals surface area contributed by atoms with Gasteiger partial charge in [-0.15, -0.1) is 11.6 Å². The summed E-state index contributed by atoms with van der Waals surface area (Å²) < 4.78 is 0. The fourth-order valence-electron chi connectivity index (χ4n) is 0.816. The predicted molar refractivity (Wildman–Crippen MR) is 52.7 cm³/mol. The summed E-state index contributed by atoms with van der Waals surface area (Å²) in [5.41, 5.74) is 0.922. The molecule has 0 aromatic carbocycles. The first kappa shape index (κ1) is 10.5. The molecule has 0 N–H and O–H groups in total. The third kappa shape index (κ3) is 4.34. The fourth-order valence-corrected chi connectivity index (χ4v) is 2.04. The third-order valence-corrected chi connectivity index (χ3v) is 5.76. The largest absolute Gasteiger partial charge is 0.127 e. The Bertz CT molecular complexity index is 85.7. The lowest BCUT2D eigenvalue weighted by Gasteiger charge is -2.24. The average Bonchev–Trinajstić information content (AvgIpc) is 1.80. The van der Waals surface area contributed by atoms with Crippen LogP contribution < -0.4 is 0 Å². The van der Waals surface area contributed by atoms with Gasteiger partial charge in [0.05, 0.1) is 0 Å². The Kier molecular flexibility index (Phi) is 4.62. The van der Waals surface area contributed by atoms with Crippen molar-refractivity contribution >= 4 is 19.7 Å². The summed E-state index contributed by atoms with van der Waals surface area (Å²) in [5.74, 6) is 0.828. The smallest absolute Gasteiger partial charge is 0.0471 e. The average molecular weight is 179 g/mol. The molecule has 0 bridgehead atoms. The van der Waals surface area contributed by atoms with E-state index in [1.165, 1.54) is 12.8 Å². The van der Waals surface area contributed by atoms with Crippen LogP contribution >= 0.6 is 11.6 Å². The minimum atomic E-state index is -0.856. The molecule has 0 radical (unpaired) electrons. The standard InChI is InChI=1S/C8H19ClSi/c1-8(6-5-7-9)10(2,3)4/h8H,5-7H2,1-4H3. The number of halogens is 1. The molecule has 0 aliphatic heterocycles. The van der Waals surface area contributed by atoms with Crippen LogP contribution in [0.15, 0.2) is 0 Å². The van der Waals surface area contributed by atoms with Crippen molar-refractivity contribution in [3.8, 4) is 0 Å². The summed E-state index contributed by atoms with van der Waals surface area (Å²) in [6.45, 7) is 9.63. The molecular formula is C8H19ClSi. The van der Waals surface area contributed by atoms with E-state index in [-0.39, 0.29) is 0 Å². The fraction of sp³-hybridized carbons (Fsp3) is 1.00. The summed E-state index contributed by atoms with van der Waals surface area (Å²) in [6, 6.07) is 0. The van der Waals surface area contributed by atoms with Gasteiger partial charge in [-0.1, -0.05) is 33.0 Å². The van der Waals surface area contributed by atoms with E-state index in [0.29, 0.717) is 0 Å². The molecule has 0 nitrogen and oxygen atoms in total. The monoisotopic (exact) mass is 178 g/mol. The second-order valence-corrected chi connectivity index (χ2v) is 10.2. The molecule has 1 atom stereocenters. The van der Waals surface area contributed by atoms with Crippen LogP contribution in [0.5, 0.6) is 0 Å². The van der Waals surface area contributed by atoms with E-state index in [4.69, 9.17) is 11.6 Å². The molecule has 0 saturated heterocycles. The first-order chi connectivity index (χ1) is 4.48. The molecule has 0 spiro atoms. The van der Waals surface area contributed by atoms with E-state index in [2.05, 4.69) is 26.6 Å². The van der Waals surface area contributed by atoms with Crippen molar-refractivity contribution in [2.24, 2.45) is 0 Å². The van der Waals surface area contributed by atoms with Gasteiger partial charge in [-0.05, 0) is 12.0 Å². The van der Waals surface area contributed by atoms with Crippen LogP contribution in [-0.4, -0.2) is 14.0 Å². The second-order valence-electron chi connectivity index (χ2n) is 4.10. The normalized spacial score (nSPS) is 15.3. The van der Waals surface area contributed by atoms with Gasteiger partial charge < -0.3 is 0 Å². The van der Waals surface area contributed by atoms with Crippen LogP contribution in [0.3, 0.4) is 0 Å². The van der Waals surface area contributed by atoms with Crippen LogP contribution in [0.25, 0.3) is 0 Å². The summed E-state index contributed by atoms with van der Waals surface area (Å²) in [4.78, 5) is 0. The molecule has 0 aliphatic rings. The Balaban J connectivity index is 3.52. The Morgan fingerprint density at radius 3 is 2.10 bits per heavy atom. The molecule has 0 fully saturated rings. The highest BCUT2D eigenvalue weighted by molar-refractivity contribution is 6.77. The van der Waals surface area contributed by atoms with E-state index in [0.717, 1.165) is 11.4 Å². The Hall–Kier alpha value is 0.507. The van der Waals surface area contributed by atoms with Crippen molar-refractivity contribution in [3.63, 3.8) is 0 Å². The molecule has 2 heteroatoms. The van der Waals surface area contributed by atoms with E-state index in [1.54, 1.807) is 0 Å². The zero-order chi connectivity index (χ0) is 8.20. The summed E-state index contributed by atoms with van der Waals surface area (Å²) in [6.07, 6.45) is 2.51. The highest BCUT2D eigenvalue weighted by Gasteiger charge is 2.20. The first-order valence-corrected chi connectivity index (χ1v) is 8.15. The molecular weight excluding hydrogens is 160 g/mol. The summed E-state index contributed by atoms with van der Waals surface area (Å²) >= 11 is 5.61. The summed E-state index contributed by atoms with van der Waals surface area (Å²) in [7, 11) is -0.856. The maximum absolute atomic E-state index is 5.61. The maximum Gasteiger partial charge on any atom is 0.0471 e. The molecule has 0 aliphatic carbocycles. The van der Waals surface area contributed by atoms with Crippen molar-refractivity contribution in [2.75, 3.05) is 5.88 Å². The molecule has 0 aromatic rings. The SMILES string of the molecule is CC(CCCCl)[Si](C)(C)C. The minimum absolute atomic E-state index is 0.828. The van der Waals surface area contributed by atoms with Gasteiger partial charge in [0.25, 0.3) is 0 Å². The predicted octanol–water partition coefficient (Wildman–Crippen LogP) is 3.73. The van der Waals surface area contributed by atoms with E-state index in [9.17, 15) is 0 Å². The van der Waals surface area contributed by atoms with Crippen LogP contribution in [-0.2, 0) is 0 Å². The van der Waals surface area contributed by atoms with E-state index >= 15 is 0 Å². The first-order valence-electron chi connectivity index (χ1n) is 4.04. The second kappa shape index (κ2) is 4.40. The Morgan fingerprint density at radius 2 is 1.80 bits per heavy atom. The third-order valence-electron chi connectivity index (χ3n) is 2.25. The van der Waals surface area contributed by atoms with Gasteiger partial charge in [-0.3, -0.25) is 0 Å². The maximum atomic E-state index is 5.61. The molecule has 0 heterocycles. The van der Waals surface area contributed by atoms with Gasteiger partial charge in [-0.2, -0.15) is 0 Å². The molecule has 0 rings (SSSR count). The van der Waals surface area contributed by atoms with Gasteiger partial charge in [0.15, 0.2) is 0 Å². The van der Waals surface area contributed by atoms with Gasteiger partial charge in [0.1, 0.15) is 0 Å². The highest BCUT2D eigenvalue weighted by Crippen LogP contribution is 2.25. The zero-order valence-electron chi connectivity index (χ0n) is 7.58. The lowest BCUT2D eigenvalue weighted by molar-refractivity contribution is 0.750. The Morgan fingerprint density at radius 1 is 1.30 bits per heavy atom. The molecule has 0 aromatic heterocycles. The van der Waals surface area contributed by atoms with Crippen LogP contribution in [0, 0.1) is 0 Å². The molecule has 1 unspecified atom stereocenters. The molecule has 10 heavy (non-hydrogen) atoms. The van der Waals surface area contributed by atoms with Crippen molar-refractivity contribution < 1.29 is 0 Å². The van der Waals surface area contributed by atoms with Crippen molar-refractivity contribution in [1.29, 1.82) is 0 Å². The highest BCUT2D eigenvalue weighted by atomic mass is 35.5. The van der Waals surface area contributed by atoms with Crippen molar-refractivity contribution in [1.82, 2.24) is 0 Å². The number of alkyl halides is 1. The molecule has 62 valence electrons. The Labute approximate surface area is 71.0 Å². The summed E-state index contributed by atoms with van der Waals surface area (Å²) in [5, 5.41) is 0. The van der Waals surface area contributed by atoms with Gasteiger partial charge in [0.2, 0.25) is 0 Å². The zero-order valence-corrected chi connectivity index (χ0v) is 9.33. The lowest BCUT2D eigenvalue weighted by Crippen LogP contribution is -2.25. The number of hydrogen-bond donors (Lipinski definition) is 0. The van der Waals surface area contributed by atoms with E-state index in [1.807, 2.05) is 0 Å². The van der Waals surface area contributed by atoms with Crippen LogP contribution in [0.1, 0.15) is 19.8 Å². The van der Waals surface area contributed by atoms with E-state index < -0.39 is 8.07 Å². The van der Waals surface area contributed by atoms with Crippen LogP contribution in [0.4, 0.5) is 0 Å². The topological polar surface area (TPSA) is 0 Å². The minimum Gasteiger partial charge on any atom is -0.127 e. The van der Waals surface area contributed by atoms with Gasteiger partial charge in [-0.25, -0.2) is 0 Å². The quantitative estimate of drug-likeness (QED) is 0.455. The number of rotatable bonds is 4. The lowest BCUT2D eigenvalue weighted by atomic mass is 10.3. The van der Waals surface area contributed by atoms with Gasteiger partial charge in [0, 0.05) is 14.0 Å².